The van der Waals surface area contributed by atoms with Gasteiger partial charge >= 0.3 is 0 Å². The Kier molecular flexibility index (Phi) is 6.74. The lowest BCUT2D eigenvalue weighted by Crippen LogP contribution is -2.15. The molecule has 0 saturated heterocycles. The molecular weight excluding hydrogens is 470 g/mol. The summed E-state index contributed by atoms with van der Waals surface area (Å²) in [5.41, 5.74) is 6.12. The first-order chi connectivity index (χ1) is 18.0. The van der Waals surface area contributed by atoms with E-state index in [0.717, 1.165) is 34.3 Å². The van der Waals surface area contributed by atoms with E-state index in [1.807, 2.05) is 38.1 Å². The SMILES string of the molecule is C=C/C(=C\C(=C/C)c1cc(F)c2n[nH]c(-c3nc4c(-c5ccc(F)cc5)nccc4[nH]3)c2c1)CNCC. The second kappa shape index (κ2) is 10.3. The molecule has 8 heteroatoms. The maximum Gasteiger partial charge on any atom is 0.157 e. The normalized spacial score (nSPS) is 12.5. The number of hydrogen-bond acceptors (Lipinski definition) is 4. The molecule has 3 heterocycles. The van der Waals surface area contributed by atoms with Crippen LogP contribution in [0.1, 0.15) is 19.4 Å². The Morgan fingerprint density at radius 1 is 1.11 bits per heavy atom. The van der Waals surface area contributed by atoms with Crippen molar-refractivity contribution in [3.05, 3.63) is 96.2 Å². The van der Waals surface area contributed by atoms with Crippen LogP contribution in [0.25, 0.3) is 50.3 Å². The molecule has 0 fully saturated rings. The van der Waals surface area contributed by atoms with E-state index >= 15 is 4.39 Å². The van der Waals surface area contributed by atoms with Gasteiger partial charge in [-0.2, -0.15) is 5.10 Å². The van der Waals surface area contributed by atoms with Crippen molar-refractivity contribution >= 4 is 27.5 Å². The number of imidazole rings is 1. The largest absolute Gasteiger partial charge is 0.337 e. The summed E-state index contributed by atoms with van der Waals surface area (Å²) in [6.07, 6.45) is 7.40. The summed E-state index contributed by atoms with van der Waals surface area (Å²) in [5.74, 6) is -0.251. The summed E-state index contributed by atoms with van der Waals surface area (Å²) in [6, 6.07) is 11.3. The van der Waals surface area contributed by atoms with Crippen LogP contribution in [0.15, 0.2) is 79.0 Å². The number of halogens is 2. The number of nitrogens with zero attached hydrogens (tertiary/aromatic N) is 3. The van der Waals surface area contributed by atoms with Crippen LogP contribution in [0, 0.1) is 11.6 Å². The van der Waals surface area contributed by atoms with Gasteiger partial charge in [-0.05, 0) is 72.6 Å². The monoisotopic (exact) mass is 496 g/mol. The molecule has 0 saturated carbocycles. The van der Waals surface area contributed by atoms with Crippen molar-refractivity contribution in [3.8, 4) is 22.8 Å². The maximum absolute atomic E-state index is 15.2. The van der Waals surface area contributed by atoms with E-state index in [0.29, 0.717) is 34.7 Å². The first-order valence-electron chi connectivity index (χ1n) is 12.0. The molecule has 186 valence electrons. The fourth-order valence-corrected chi connectivity index (χ4v) is 4.28. The van der Waals surface area contributed by atoms with Gasteiger partial charge in [-0.25, -0.2) is 13.8 Å². The van der Waals surface area contributed by atoms with E-state index in [2.05, 4.69) is 32.1 Å². The molecule has 6 nitrogen and oxygen atoms in total. The summed E-state index contributed by atoms with van der Waals surface area (Å²) in [5, 5.41) is 11.1. The molecule has 5 rings (SSSR count). The minimum absolute atomic E-state index is 0.229. The summed E-state index contributed by atoms with van der Waals surface area (Å²) >= 11 is 0. The number of fused-ring (bicyclic) bond motifs is 2. The molecule has 3 N–H and O–H groups in total. The minimum Gasteiger partial charge on any atom is -0.337 e. The Morgan fingerprint density at radius 2 is 1.92 bits per heavy atom. The standard InChI is InChI=1S/C29H26F2N6/c1-4-17(16-32-6-3)13-18(5-2)20-14-22-26(23(31)15-20)36-37-27(22)29-34-24-11-12-33-25(28(24)35-29)19-7-9-21(30)10-8-19/h4-5,7-15,32H,1,6,16H2,2-3H3,(H,34,35)(H,36,37)/b17-13+,18-5+. The van der Waals surface area contributed by atoms with Crippen molar-refractivity contribution in [1.82, 2.24) is 30.5 Å². The van der Waals surface area contributed by atoms with Crippen LogP contribution in [0.5, 0.6) is 0 Å². The van der Waals surface area contributed by atoms with E-state index in [1.54, 1.807) is 24.4 Å². The first-order valence-corrected chi connectivity index (χ1v) is 12.0. The lowest BCUT2D eigenvalue weighted by molar-refractivity contribution is 0.628. The average molecular weight is 497 g/mol. The lowest BCUT2D eigenvalue weighted by atomic mass is 10.00. The van der Waals surface area contributed by atoms with Crippen molar-refractivity contribution in [2.45, 2.75) is 13.8 Å². The third-order valence-corrected chi connectivity index (χ3v) is 6.19. The van der Waals surface area contributed by atoms with Crippen molar-refractivity contribution in [2.75, 3.05) is 13.1 Å². The Morgan fingerprint density at radius 3 is 2.65 bits per heavy atom. The zero-order valence-corrected chi connectivity index (χ0v) is 20.6. The second-order valence-corrected chi connectivity index (χ2v) is 8.55. The van der Waals surface area contributed by atoms with Gasteiger partial charge in [-0.1, -0.05) is 31.7 Å². The zero-order valence-electron chi connectivity index (χ0n) is 20.6. The molecule has 37 heavy (non-hydrogen) atoms. The Bertz CT molecular complexity index is 1660. The fraction of sp³-hybridized carbons (Fsp3) is 0.138. The van der Waals surface area contributed by atoms with Gasteiger partial charge in [0, 0.05) is 23.7 Å². The molecule has 0 spiro atoms. The molecule has 0 radical (unpaired) electrons. The predicted molar refractivity (Wildman–Crippen MR) is 145 cm³/mol. The number of likely N-dealkylation sites (N-methyl/N-ethyl adjacent to an activating group) is 1. The highest BCUT2D eigenvalue weighted by Crippen LogP contribution is 2.33. The van der Waals surface area contributed by atoms with Gasteiger partial charge in [0.05, 0.1) is 11.2 Å². The van der Waals surface area contributed by atoms with E-state index in [1.165, 1.54) is 18.2 Å². The highest BCUT2D eigenvalue weighted by atomic mass is 19.1. The van der Waals surface area contributed by atoms with Crippen molar-refractivity contribution in [1.29, 1.82) is 0 Å². The van der Waals surface area contributed by atoms with E-state index in [9.17, 15) is 4.39 Å². The Labute approximate surface area is 212 Å². The van der Waals surface area contributed by atoms with Crippen LogP contribution in [0.2, 0.25) is 0 Å². The third kappa shape index (κ3) is 4.71. The number of rotatable bonds is 8. The minimum atomic E-state index is -0.431. The van der Waals surface area contributed by atoms with Gasteiger partial charge in [0.1, 0.15) is 22.5 Å². The average Bonchev–Trinajstić information content (AvgIpc) is 3.54. The molecule has 0 bridgehead atoms. The van der Waals surface area contributed by atoms with Crippen LogP contribution < -0.4 is 5.32 Å². The van der Waals surface area contributed by atoms with Crippen LogP contribution >= 0.6 is 0 Å². The van der Waals surface area contributed by atoms with E-state index in [4.69, 9.17) is 4.98 Å². The Hall–Kier alpha value is -4.43. The number of pyridine rings is 1. The highest BCUT2D eigenvalue weighted by Gasteiger charge is 2.18. The van der Waals surface area contributed by atoms with Crippen molar-refractivity contribution in [2.24, 2.45) is 0 Å². The number of aromatic amines is 2. The quantitative estimate of drug-likeness (QED) is 0.212. The first kappa shape index (κ1) is 24.3. The molecule has 0 unspecified atom stereocenters. The molecule has 0 atom stereocenters. The van der Waals surface area contributed by atoms with Gasteiger partial charge in [0.25, 0.3) is 0 Å². The zero-order chi connectivity index (χ0) is 25.9. The van der Waals surface area contributed by atoms with Crippen molar-refractivity contribution in [3.63, 3.8) is 0 Å². The number of H-pyrrole nitrogens is 2. The molecule has 0 amide bonds. The summed E-state index contributed by atoms with van der Waals surface area (Å²) in [7, 11) is 0. The maximum atomic E-state index is 15.2. The number of hydrogen-bond donors (Lipinski definition) is 3. The van der Waals surface area contributed by atoms with E-state index < -0.39 is 5.82 Å². The van der Waals surface area contributed by atoms with Crippen LogP contribution in [0.3, 0.4) is 0 Å². The Balaban J connectivity index is 1.61. The topological polar surface area (TPSA) is 82.3 Å². The lowest BCUT2D eigenvalue weighted by Gasteiger charge is -2.08. The molecule has 0 aliphatic heterocycles. The summed E-state index contributed by atoms with van der Waals surface area (Å²) < 4.78 is 28.6. The number of nitrogens with one attached hydrogen (secondary N) is 3. The molecular formula is C29H26F2N6. The van der Waals surface area contributed by atoms with Gasteiger partial charge in [-0.3, -0.25) is 10.1 Å². The van der Waals surface area contributed by atoms with Gasteiger partial charge in [-0.15, -0.1) is 0 Å². The molecule has 0 aliphatic rings. The molecule has 3 aromatic heterocycles. The van der Waals surface area contributed by atoms with Crippen molar-refractivity contribution < 1.29 is 8.78 Å². The molecule has 0 aliphatic carbocycles. The number of aromatic nitrogens is 5. The number of benzene rings is 2. The summed E-state index contributed by atoms with van der Waals surface area (Å²) in [4.78, 5) is 12.5. The molecule has 2 aromatic carbocycles. The van der Waals surface area contributed by atoms with E-state index in [-0.39, 0.29) is 11.3 Å². The summed E-state index contributed by atoms with van der Waals surface area (Å²) in [6.45, 7) is 9.37. The van der Waals surface area contributed by atoms with Crippen LogP contribution in [-0.2, 0) is 0 Å². The third-order valence-electron chi connectivity index (χ3n) is 6.19. The smallest absolute Gasteiger partial charge is 0.157 e. The van der Waals surface area contributed by atoms with Gasteiger partial charge in [0.2, 0.25) is 0 Å². The predicted octanol–water partition coefficient (Wildman–Crippen LogP) is 6.57. The van der Waals surface area contributed by atoms with Gasteiger partial charge < -0.3 is 10.3 Å². The van der Waals surface area contributed by atoms with Crippen LogP contribution in [-0.4, -0.2) is 38.2 Å². The highest BCUT2D eigenvalue weighted by molar-refractivity contribution is 5.97. The molecule has 5 aromatic rings. The van der Waals surface area contributed by atoms with Crippen LogP contribution in [0.4, 0.5) is 8.78 Å². The fourth-order valence-electron chi connectivity index (χ4n) is 4.28. The number of allylic oxidation sites excluding steroid dienone is 3. The second-order valence-electron chi connectivity index (χ2n) is 8.55. The van der Waals surface area contributed by atoms with Gasteiger partial charge in [0.15, 0.2) is 11.6 Å².